The highest BCUT2D eigenvalue weighted by Crippen LogP contribution is 2.43. The summed E-state index contributed by atoms with van der Waals surface area (Å²) in [6, 6.07) is 1.07. The summed E-state index contributed by atoms with van der Waals surface area (Å²) >= 11 is 0. The van der Waals surface area contributed by atoms with Crippen molar-refractivity contribution in [2.45, 2.75) is 57.7 Å². The molecule has 0 saturated carbocycles. The molecule has 0 atom stereocenters. The first kappa shape index (κ1) is 13.5. The van der Waals surface area contributed by atoms with Gasteiger partial charge < -0.3 is 0 Å². The smallest absolute Gasteiger partial charge is 0.0596 e. The topological polar surface area (TPSA) is 48.8 Å². The lowest BCUT2D eigenvalue weighted by Gasteiger charge is -2.39. The Balaban J connectivity index is 4.50. The van der Waals surface area contributed by atoms with Gasteiger partial charge in [-0.15, -0.1) is 0 Å². The highest BCUT2D eigenvalue weighted by molar-refractivity contribution is 6.65. The van der Waals surface area contributed by atoms with E-state index in [1.807, 2.05) is 0 Å². The van der Waals surface area contributed by atoms with E-state index in [0.717, 1.165) is 6.04 Å². The van der Waals surface area contributed by atoms with Gasteiger partial charge in [0.05, 0.1) is 8.80 Å². The highest BCUT2D eigenvalue weighted by Gasteiger charge is 2.35. The minimum Gasteiger partial charge on any atom is -0.0943 e. The molecular formula is C10H22N3Si. The van der Waals surface area contributed by atoms with E-state index in [1.54, 1.807) is 0 Å². The second-order valence-electron chi connectivity index (χ2n) is 5.68. The fourth-order valence-corrected chi connectivity index (χ4v) is 6.16. The van der Waals surface area contributed by atoms with Crippen LogP contribution in [0.5, 0.6) is 0 Å². The predicted octanol–water partition coefficient (Wildman–Crippen LogP) is 4.39. The second-order valence-corrected chi connectivity index (χ2v) is 10.1. The van der Waals surface area contributed by atoms with Gasteiger partial charge in [0.25, 0.3) is 0 Å². The minimum absolute atomic E-state index is 0.369. The summed E-state index contributed by atoms with van der Waals surface area (Å²) in [5.41, 5.74) is 8.25. The Bertz CT molecular complexity index is 205. The molecule has 0 saturated heterocycles. The van der Waals surface area contributed by atoms with Gasteiger partial charge in [0, 0.05) is 11.5 Å². The van der Waals surface area contributed by atoms with Crippen LogP contribution in [0.4, 0.5) is 0 Å². The first-order valence-electron chi connectivity index (χ1n) is 5.07. The van der Waals surface area contributed by atoms with Crippen molar-refractivity contribution in [1.82, 2.24) is 0 Å². The molecule has 81 valence electrons. The summed E-state index contributed by atoms with van der Waals surface area (Å²) in [7, 11) is -0.513. The molecular weight excluding hydrogens is 190 g/mol. The maximum absolute atomic E-state index is 8.25. The Morgan fingerprint density at radius 1 is 1.07 bits per heavy atom. The molecule has 0 aliphatic carbocycles. The van der Waals surface area contributed by atoms with Crippen LogP contribution in [0.2, 0.25) is 16.1 Å². The monoisotopic (exact) mass is 212 g/mol. The van der Waals surface area contributed by atoms with E-state index in [4.69, 9.17) is 5.53 Å². The van der Waals surface area contributed by atoms with Gasteiger partial charge in [0.1, 0.15) is 0 Å². The van der Waals surface area contributed by atoms with Crippen LogP contribution in [0.15, 0.2) is 5.11 Å². The fourth-order valence-electron chi connectivity index (χ4n) is 2.08. The van der Waals surface area contributed by atoms with Crippen LogP contribution in [0, 0.1) is 0 Å². The maximum Gasteiger partial charge on any atom is 0.0596 e. The molecule has 0 spiro atoms. The molecule has 0 bridgehead atoms. The number of hydrogen-bond acceptors (Lipinski definition) is 1. The predicted molar refractivity (Wildman–Crippen MR) is 64.0 cm³/mol. The molecule has 0 amide bonds. The summed E-state index contributed by atoms with van der Waals surface area (Å²) < 4.78 is 0. The summed E-state index contributed by atoms with van der Waals surface area (Å²) in [6.07, 6.45) is 0. The normalized spacial score (nSPS) is 12.8. The molecule has 3 nitrogen and oxygen atoms in total. The zero-order chi connectivity index (χ0) is 11.4. The molecule has 0 aromatic rings. The molecule has 0 rings (SSSR count). The van der Waals surface area contributed by atoms with E-state index in [1.165, 1.54) is 0 Å². The number of rotatable bonds is 3. The lowest BCUT2D eigenvalue weighted by atomic mass is 10.2. The van der Waals surface area contributed by atoms with E-state index in [9.17, 15) is 0 Å². The first-order chi connectivity index (χ1) is 6.19. The summed E-state index contributed by atoms with van der Waals surface area (Å²) in [5, 5.41) is 4.38. The van der Waals surface area contributed by atoms with Crippen LogP contribution in [0.1, 0.15) is 41.5 Å². The van der Waals surface area contributed by atoms with Gasteiger partial charge >= 0.3 is 0 Å². The van der Waals surface area contributed by atoms with Crippen molar-refractivity contribution in [2.75, 3.05) is 6.54 Å². The van der Waals surface area contributed by atoms with Crippen LogP contribution < -0.4 is 0 Å². The van der Waals surface area contributed by atoms with Crippen molar-refractivity contribution in [3.05, 3.63) is 10.4 Å². The lowest BCUT2D eigenvalue weighted by Crippen LogP contribution is -2.35. The van der Waals surface area contributed by atoms with Crippen molar-refractivity contribution in [1.29, 1.82) is 0 Å². The Morgan fingerprint density at radius 2 is 1.50 bits per heavy atom. The molecule has 4 heteroatoms. The number of azide groups is 1. The Morgan fingerprint density at radius 3 is 1.79 bits per heavy atom. The standard InChI is InChI=1S/C10H22N3Si/c1-9(2,3)14(10(4,5)6)8-7-12-13-11/h7-8H2,1-6H3. The van der Waals surface area contributed by atoms with Gasteiger partial charge in [0.2, 0.25) is 0 Å². The van der Waals surface area contributed by atoms with Gasteiger partial charge in [0.15, 0.2) is 0 Å². The molecule has 1 radical (unpaired) electrons. The van der Waals surface area contributed by atoms with Gasteiger partial charge in [-0.1, -0.05) is 52.7 Å². The summed E-state index contributed by atoms with van der Waals surface area (Å²) in [5.74, 6) is 0. The third kappa shape index (κ3) is 4.68. The van der Waals surface area contributed by atoms with E-state index in [0.29, 0.717) is 16.6 Å². The highest BCUT2D eigenvalue weighted by atomic mass is 28.3. The van der Waals surface area contributed by atoms with Gasteiger partial charge in [-0.2, -0.15) is 0 Å². The number of hydrogen-bond donors (Lipinski definition) is 0. The number of nitrogens with zero attached hydrogens (tertiary/aromatic N) is 3. The van der Waals surface area contributed by atoms with Crippen molar-refractivity contribution >= 4 is 8.80 Å². The van der Waals surface area contributed by atoms with E-state index >= 15 is 0 Å². The van der Waals surface area contributed by atoms with Gasteiger partial charge in [-0.05, 0) is 15.6 Å². The summed E-state index contributed by atoms with van der Waals surface area (Å²) in [6.45, 7) is 14.4. The largest absolute Gasteiger partial charge is 0.0943 e. The van der Waals surface area contributed by atoms with E-state index < -0.39 is 8.80 Å². The zero-order valence-electron chi connectivity index (χ0n) is 10.3. The third-order valence-corrected chi connectivity index (χ3v) is 6.68. The van der Waals surface area contributed by atoms with Crippen LogP contribution in [0.25, 0.3) is 10.4 Å². The molecule has 0 heterocycles. The Kier molecular flexibility index (Phi) is 4.69. The van der Waals surface area contributed by atoms with Crippen molar-refractivity contribution in [3.63, 3.8) is 0 Å². The van der Waals surface area contributed by atoms with Crippen LogP contribution in [-0.2, 0) is 0 Å². The van der Waals surface area contributed by atoms with Crippen molar-refractivity contribution < 1.29 is 0 Å². The third-order valence-electron chi connectivity index (χ3n) is 2.34. The van der Waals surface area contributed by atoms with Crippen LogP contribution in [-0.4, -0.2) is 15.3 Å². The van der Waals surface area contributed by atoms with Crippen molar-refractivity contribution in [2.24, 2.45) is 5.11 Å². The van der Waals surface area contributed by atoms with Crippen LogP contribution >= 0.6 is 0 Å². The summed E-state index contributed by atoms with van der Waals surface area (Å²) in [4.78, 5) is 2.81. The Hall–Kier alpha value is -0.473. The van der Waals surface area contributed by atoms with Gasteiger partial charge in [-0.3, -0.25) is 0 Å². The van der Waals surface area contributed by atoms with Crippen molar-refractivity contribution in [3.8, 4) is 0 Å². The SMILES string of the molecule is CC(C)(C)[Si](CCN=[N+]=[N-])C(C)(C)C. The lowest BCUT2D eigenvalue weighted by molar-refractivity contribution is 0.635. The minimum atomic E-state index is -0.513. The maximum atomic E-state index is 8.25. The molecule has 0 N–H and O–H groups in total. The first-order valence-corrected chi connectivity index (χ1v) is 6.78. The average Bonchev–Trinajstić information content (AvgIpc) is 1.92. The second kappa shape index (κ2) is 4.85. The van der Waals surface area contributed by atoms with E-state index in [-0.39, 0.29) is 0 Å². The van der Waals surface area contributed by atoms with Crippen LogP contribution in [0.3, 0.4) is 0 Å². The van der Waals surface area contributed by atoms with E-state index in [2.05, 4.69) is 51.6 Å². The molecule has 0 unspecified atom stereocenters. The molecule has 0 aliphatic heterocycles. The average molecular weight is 212 g/mol. The molecule has 14 heavy (non-hydrogen) atoms. The zero-order valence-corrected chi connectivity index (χ0v) is 11.3. The quantitative estimate of drug-likeness (QED) is 0.288. The van der Waals surface area contributed by atoms with Gasteiger partial charge in [-0.25, -0.2) is 0 Å². The molecule has 0 aliphatic rings. The molecule has 0 aromatic heterocycles. The molecule has 0 fully saturated rings. The molecule has 0 aromatic carbocycles. The Labute approximate surface area is 89.1 Å². The fraction of sp³-hybridized carbons (Fsp3) is 1.00.